The number of rotatable bonds is 6. The molecule has 0 aliphatic heterocycles. The normalized spacial score (nSPS) is 14.6. The summed E-state index contributed by atoms with van der Waals surface area (Å²) in [7, 11) is 1.72. The molecule has 0 heterocycles. The number of likely N-dealkylation sites (N-methyl/N-ethyl adjacent to an activating group) is 1. The van der Waals surface area contributed by atoms with E-state index >= 15 is 0 Å². The lowest BCUT2D eigenvalue weighted by atomic mass is 9.97. The fourth-order valence-corrected chi connectivity index (χ4v) is 2.08. The smallest absolute Gasteiger partial charge is 0.126 e. The molecule has 1 rings (SSSR count). The molecule has 1 aromatic rings. The standard InChI is InChI=1S/C14H22FNO/c1-5-13(17-4)14(16-6-2)11-7-8-12(15)10(3)9-11/h7-9,13-14,16H,5-6H2,1-4H3. The molecular weight excluding hydrogens is 217 g/mol. The number of hydrogen-bond acceptors (Lipinski definition) is 2. The van der Waals surface area contributed by atoms with Gasteiger partial charge in [-0.15, -0.1) is 0 Å². The van der Waals surface area contributed by atoms with Crippen molar-refractivity contribution in [1.82, 2.24) is 5.32 Å². The minimum Gasteiger partial charge on any atom is -0.379 e. The third-order valence-corrected chi connectivity index (χ3v) is 3.04. The fourth-order valence-electron chi connectivity index (χ4n) is 2.08. The fraction of sp³-hybridized carbons (Fsp3) is 0.571. The van der Waals surface area contributed by atoms with Crippen molar-refractivity contribution in [1.29, 1.82) is 0 Å². The van der Waals surface area contributed by atoms with Crippen molar-refractivity contribution in [3.63, 3.8) is 0 Å². The van der Waals surface area contributed by atoms with E-state index < -0.39 is 0 Å². The average molecular weight is 239 g/mol. The maximum Gasteiger partial charge on any atom is 0.126 e. The zero-order valence-electron chi connectivity index (χ0n) is 11.1. The first-order chi connectivity index (χ1) is 8.13. The summed E-state index contributed by atoms with van der Waals surface area (Å²) < 4.78 is 18.7. The monoisotopic (exact) mass is 239 g/mol. The van der Waals surface area contributed by atoms with E-state index in [1.165, 1.54) is 6.07 Å². The van der Waals surface area contributed by atoms with Gasteiger partial charge < -0.3 is 10.1 Å². The Morgan fingerprint density at radius 1 is 1.35 bits per heavy atom. The van der Waals surface area contributed by atoms with Crippen LogP contribution in [0.4, 0.5) is 4.39 Å². The molecule has 2 unspecified atom stereocenters. The van der Waals surface area contributed by atoms with Crippen LogP contribution in [0.2, 0.25) is 0 Å². The highest BCUT2D eigenvalue weighted by molar-refractivity contribution is 5.27. The van der Waals surface area contributed by atoms with Crippen LogP contribution in [-0.4, -0.2) is 19.8 Å². The highest BCUT2D eigenvalue weighted by Crippen LogP contribution is 2.23. The van der Waals surface area contributed by atoms with Gasteiger partial charge in [-0.2, -0.15) is 0 Å². The summed E-state index contributed by atoms with van der Waals surface area (Å²) in [6, 6.07) is 5.37. The van der Waals surface area contributed by atoms with Crippen LogP contribution >= 0.6 is 0 Å². The number of nitrogens with one attached hydrogen (secondary N) is 1. The maximum absolute atomic E-state index is 13.3. The van der Waals surface area contributed by atoms with Gasteiger partial charge >= 0.3 is 0 Å². The van der Waals surface area contributed by atoms with Crippen LogP contribution in [0.25, 0.3) is 0 Å². The quantitative estimate of drug-likeness (QED) is 0.823. The van der Waals surface area contributed by atoms with Crippen LogP contribution < -0.4 is 5.32 Å². The molecule has 0 radical (unpaired) electrons. The van der Waals surface area contributed by atoms with Gasteiger partial charge in [-0.05, 0) is 37.1 Å². The molecule has 0 fully saturated rings. The largest absolute Gasteiger partial charge is 0.379 e. The SMILES string of the molecule is CCNC(c1ccc(F)c(C)c1)C(CC)OC. The molecule has 96 valence electrons. The third kappa shape index (κ3) is 3.51. The summed E-state index contributed by atoms with van der Waals surface area (Å²) in [6.45, 7) is 6.80. The van der Waals surface area contributed by atoms with Crippen molar-refractivity contribution in [2.45, 2.75) is 39.3 Å². The number of benzene rings is 1. The van der Waals surface area contributed by atoms with Gasteiger partial charge in [-0.3, -0.25) is 0 Å². The second-order valence-corrected chi connectivity index (χ2v) is 4.23. The second-order valence-electron chi connectivity index (χ2n) is 4.23. The predicted molar refractivity (Wildman–Crippen MR) is 68.6 cm³/mol. The van der Waals surface area contributed by atoms with E-state index in [-0.39, 0.29) is 18.0 Å². The molecule has 0 amide bonds. The molecule has 0 aromatic heterocycles. The summed E-state index contributed by atoms with van der Waals surface area (Å²) in [6.07, 6.45) is 1.03. The minimum atomic E-state index is -0.158. The number of halogens is 1. The van der Waals surface area contributed by atoms with E-state index in [0.717, 1.165) is 18.5 Å². The topological polar surface area (TPSA) is 21.3 Å². The number of ether oxygens (including phenoxy) is 1. The lowest BCUT2D eigenvalue weighted by Gasteiger charge is -2.26. The van der Waals surface area contributed by atoms with Crippen molar-refractivity contribution >= 4 is 0 Å². The van der Waals surface area contributed by atoms with E-state index in [4.69, 9.17) is 4.74 Å². The molecule has 1 aromatic carbocycles. The molecule has 17 heavy (non-hydrogen) atoms. The summed E-state index contributed by atoms with van der Waals surface area (Å²) in [4.78, 5) is 0. The lowest BCUT2D eigenvalue weighted by molar-refractivity contribution is 0.0655. The van der Waals surface area contributed by atoms with Crippen LogP contribution in [-0.2, 0) is 4.74 Å². The summed E-state index contributed by atoms with van der Waals surface area (Å²) in [5.74, 6) is -0.158. The maximum atomic E-state index is 13.3. The zero-order chi connectivity index (χ0) is 12.8. The van der Waals surface area contributed by atoms with Crippen molar-refractivity contribution in [3.05, 3.63) is 35.1 Å². The Balaban J connectivity index is 2.99. The van der Waals surface area contributed by atoms with Gasteiger partial charge in [-0.25, -0.2) is 4.39 Å². The van der Waals surface area contributed by atoms with Gasteiger partial charge in [0.1, 0.15) is 5.82 Å². The van der Waals surface area contributed by atoms with Crippen LogP contribution in [0.5, 0.6) is 0 Å². The number of aryl methyl sites for hydroxylation is 1. The van der Waals surface area contributed by atoms with Crippen molar-refractivity contribution in [2.24, 2.45) is 0 Å². The van der Waals surface area contributed by atoms with Gasteiger partial charge in [0.25, 0.3) is 0 Å². The van der Waals surface area contributed by atoms with Crippen molar-refractivity contribution in [2.75, 3.05) is 13.7 Å². The van der Waals surface area contributed by atoms with E-state index in [9.17, 15) is 4.39 Å². The van der Waals surface area contributed by atoms with Gasteiger partial charge in [0.05, 0.1) is 12.1 Å². The van der Waals surface area contributed by atoms with Crippen molar-refractivity contribution < 1.29 is 9.13 Å². The van der Waals surface area contributed by atoms with Crippen LogP contribution in [0.1, 0.15) is 37.4 Å². The Kier molecular flexibility index (Phi) is 5.59. The van der Waals surface area contributed by atoms with Gasteiger partial charge in [0.2, 0.25) is 0 Å². The van der Waals surface area contributed by atoms with Gasteiger partial charge in [0.15, 0.2) is 0 Å². The van der Waals surface area contributed by atoms with E-state index in [0.29, 0.717) is 5.56 Å². The molecule has 0 aliphatic rings. The van der Waals surface area contributed by atoms with Crippen LogP contribution in [0.15, 0.2) is 18.2 Å². The number of methoxy groups -OCH3 is 1. The predicted octanol–water partition coefficient (Wildman–Crippen LogP) is 3.21. The molecule has 2 atom stereocenters. The molecule has 0 saturated carbocycles. The second kappa shape index (κ2) is 6.72. The zero-order valence-corrected chi connectivity index (χ0v) is 11.1. The first-order valence-electron chi connectivity index (χ1n) is 6.16. The summed E-state index contributed by atoms with van der Waals surface area (Å²) >= 11 is 0. The first-order valence-corrected chi connectivity index (χ1v) is 6.16. The Morgan fingerprint density at radius 3 is 2.53 bits per heavy atom. The Morgan fingerprint density at radius 2 is 2.06 bits per heavy atom. The lowest BCUT2D eigenvalue weighted by Crippen LogP contribution is -2.33. The van der Waals surface area contributed by atoms with Crippen LogP contribution in [0, 0.1) is 12.7 Å². The molecule has 3 heteroatoms. The molecule has 0 spiro atoms. The summed E-state index contributed by atoms with van der Waals surface area (Å²) in [5, 5.41) is 3.40. The van der Waals surface area contributed by atoms with E-state index in [1.54, 1.807) is 14.0 Å². The Labute approximate surface area is 103 Å². The molecule has 0 aliphatic carbocycles. The molecule has 0 bridgehead atoms. The molecule has 1 N–H and O–H groups in total. The third-order valence-electron chi connectivity index (χ3n) is 3.04. The average Bonchev–Trinajstić information content (AvgIpc) is 2.33. The van der Waals surface area contributed by atoms with Crippen LogP contribution in [0.3, 0.4) is 0 Å². The first kappa shape index (κ1) is 14.1. The number of hydrogen-bond donors (Lipinski definition) is 1. The van der Waals surface area contributed by atoms with Gasteiger partial charge in [0, 0.05) is 7.11 Å². The van der Waals surface area contributed by atoms with Crippen molar-refractivity contribution in [3.8, 4) is 0 Å². The van der Waals surface area contributed by atoms with Gasteiger partial charge in [-0.1, -0.05) is 26.0 Å². The molecular formula is C14H22FNO. The molecule has 0 saturated heterocycles. The van der Waals surface area contributed by atoms with E-state index in [1.807, 2.05) is 12.1 Å². The minimum absolute atomic E-state index is 0.111. The molecule has 2 nitrogen and oxygen atoms in total. The van der Waals surface area contributed by atoms with E-state index in [2.05, 4.69) is 19.2 Å². The highest BCUT2D eigenvalue weighted by atomic mass is 19.1. The highest BCUT2D eigenvalue weighted by Gasteiger charge is 2.21. The Bertz CT molecular complexity index is 350. The summed E-state index contributed by atoms with van der Waals surface area (Å²) in [5.41, 5.74) is 1.76. The Hall–Kier alpha value is -0.930.